The predicted molar refractivity (Wildman–Crippen MR) is 95.3 cm³/mol. The Morgan fingerprint density at radius 2 is 0.846 bits per heavy atom. The van der Waals surface area contributed by atoms with Gasteiger partial charge in [-0.1, -0.05) is 13.8 Å². The molecule has 2 heterocycles. The van der Waals surface area contributed by atoms with E-state index in [1.807, 2.05) is 13.8 Å². The van der Waals surface area contributed by atoms with Gasteiger partial charge in [-0.3, -0.25) is 29.0 Å². The number of benzene rings is 2. The summed E-state index contributed by atoms with van der Waals surface area (Å²) in [5.41, 5.74) is 1.49. The van der Waals surface area contributed by atoms with Crippen molar-refractivity contribution in [3.63, 3.8) is 0 Å². The molecule has 132 valence electrons. The van der Waals surface area contributed by atoms with Crippen molar-refractivity contribution >= 4 is 34.4 Å². The highest BCUT2D eigenvalue weighted by molar-refractivity contribution is 6.33. The van der Waals surface area contributed by atoms with Gasteiger partial charge in [0, 0.05) is 46.1 Å². The van der Waals surface area contributed by atoms with Gasteiger partial charge < -0.3 is 0 Å². The smallest absolute Gasteiger partial charge is 0.261 e. The summed E-state index contributed by atoms with van der Waals surface area (Å²) in [7, 11) is 0. The second-order valence-electron chi connectivity index (χ2n) is 6.60. The summed E-state index contributed by atoms with van der Waals surface area (Å²) in [6.07, 6.45) is 1.32. The van der Waals surface area contributed by atoms with Crippen LogP contribution in [-0.2, 0) is 0 Å². The molecule has 2 aromatic rings. The van der Waals surface area contributed by atoms with Crippen LogP contribution < -0.4 is 0 Å². The normalized spacial score (nSPS) is 16.1. The van der Waals surface area contributed by atoms with Gasteiger partial charge in [0.1, 0.15) is 0 Å². The molecule has 0 bridgehead atoms. The van der Waals surface area contributed by atoms with Crippen LogP contribution in [0.1, 0.15) is 68.1 Å². The summed E-state index contributed by atoms with van der Waals surface area (Å²) in [5, 5.41) is 0.861. The Labute approximate surface area is 150 Å². The first-order chi connectivity index (χ1) is 12.5. The summed E-state index contributed by atoms with van der Waals surface area (Å²) in [6, 6.07) is 6.39. The van der Waals surface area contributed by atoms with E-state index in [1.54, 1.807) is 24.3 Å². The molecule has 2 aliphatic heterocycles. The molecular formula is C20H18N2O4. The molecule has 4 amide bonds. The average Bonchev–Trinajstić information content (AvgIpc) is 2.64. The SMILES string of the molecule is CCCN1C(=O)c2ccc3c4c(ccc(c24)C1=O)C(=O)N(CCC)C3=O. The Balaban J connectivity index is 2.02. The zero-order chi connectivity index (χ0) is 18.6. The van der Waals surface area contributed by atoms with Crippen molar-refractivity contribution in [3.8, 4) is 0 Å². The molecule has 2 aromatic carbocycles. The van der Waals surface area contributed by atoms with Crippen LogP contribution in [0.2, 0.25) is 0 Å². The third-order valence-electron chi connectivity index (χ3n) is 4.96. The second kappa shape index (κ2) is 5.76. The lowest BCUT2D eigenvalue weighted by Gasteiger charge is -2.31. The van der Waals surface area contributed by atoms with Crippen LogP contribution in [0.25, 0.3) is 10.8 Å². The van der Waals surface area contributed by atoms with Gasteiger partial charge in [-0.05, 0) is 37.1 Å². The zero-order valence-electron chi connectivity index (χ0n) is 14.7. The van der Waals surface area contributed by atoms with E-state index in [0.29, 0.717) is 59.0 Å². The van der Waals surface area contributed by atoms with Crippen molar-refractivity contribution in [2.45, 2.75) is 26.7 Å². The number of carbonyl (C=O) groups is 4. The Bertz CT molecular complexity index is 857. The summed E-state index contributed by atoms with van der Waals surface area (Å²) < 4.78 is 0. The van der Waals surface area contributed by atoms with Gasteiger partial charge in [-0.25, -0.2) is 0 Å². The summed E-state index contributed by atoms with van der Waals surface area (Å²) in [4.78, 5) is 53.6. The van der Waals surface area contributed by atoms with E-state index in [4.69, 9.17) is 0 Å². The number of carbonyl (C=O) groups excluding carboxylic acids is 4. The van der Waals surface area contributed by atoms with Gasteiger partial charge >= 0.3 is 0 Å². The van der Waals surface area contributed by atoms with E-state index in [0.717, 1.165) is 0 Å². The third-order valence-corrected chi connectivity index (χ3v) is 4.96. The molecule has 2 aliphatic rings. The van der Waals surface area contributed by atoms with Crippen LogP contribution in [0.15, 0.2) is 24.3 Å². The quantitative estimate of drug-likeness (QED) is 0.795. The molecule has 0 atom stereocenters. The lowest BCUT2D eigenvalue weighted by atomic mass is 9.86. The summed E-state index contributed by atoms with van der Waals surface area (Å²) in [6.45, 7) is 4.47. The molecule has 4 rings (SSSR count). The van der Waals surface area contributed by atoms with Gasteiger partial charge in [-0.2, -0.15) is 0 Å². The fourth-order valence-corrected chi connectivity index (χ4v) is 3.83. The average molecular weight is 350 g/mol. The fourth-order valence-electron chi connectivity index (χ4n) is 3.83. The van der Waals surface area contributed by atoms with E-state index in [2.05, 4.69) is 0 Å². The van der Waals surface area contributed by atoms with Gasteiger partial charge in [-0.15, -0.1) is 0 Å². The van der Waals surface area contributed by atoms with E-state index < -0.39 is 0 Å². The van der Waals surface area contributed by atoms with Crippen molar-refractivity contribution in [2.75, 3.05) is 13.1 Å². The van der Waals surface area contributed by atoms with Gasteiger partial charge in [0.25, 0.3) is 23.6 Å². The summed E-state index contributed by atoms with van der Waals surface area (Å²) >= 11 is 0. The molecule has 0 unspecified atom stereocenters. The monoisotopic (exact) mass is 350 g/mol. The van der Waals surface area contributed by atoms with Crippen LogP contribution in [-0.4, -0.2) is 46.5 Å². The molecular weight excluding hydrogens is 332 g/mol. The minimum Gasteiger partial charge on any atom is -0.274 e. The van der Waals surface area contributed by atoms with Crippen LogP contribution in [0, 0.1) is 0 Å². The van der Waals surface area contributed by atoms with Crippen molar-refractivity contribution < 1.29 is 19.2 Å². The molecule has 0 saturated heterocycles. The Morgan fingerprint density at radius 1 is 0.577 bits per heavy atom. The van der Waals surface area contributed by atoms with Crippen LogP contribution in [0.4, 0.5) is 0 Å². The zero-order valence-corrected chi connectivity index (χ0v) is 14.7. The first-order valence-corrected chi connectivity index (χ1v) is 8.83. The first kappa shape index (κ1) is 16.4. The van der Waals surface area contributed by atoms with E-state index in [-0.39, 0.29) is 23.6 Å². The number of nitrogens with zero attached hydrogens (tertiary/aromatic N) is 2. The maximum Gasteiger partial charge on any atom is 0.261 e. The molecule has 0 saturated carbocycles. The largest absolute Gasteiger partial charge is 0.274 e. The Hall–Kier alpha value is -3.02. The molecule has 6 heteroatoms. The van der Waals surface area contributed by atoms with Crippen molar-refractivity contribution in [1.29, 1.82) is 0 Å². The molecule has 0 aromatic heterocycles. The minimum atomic E-state index is -0.371. The van der Waals surface area contributed by atoms with E-state index in [9.17, 15) is 19.2 Å². The standard InChI is InChI=1S/C20H18N2O4/c1-3-9-21-17(23)11-5-7-13-16-14(8-6-12(15(11)16)18(21)24)20(26)22(10-4-2)19(13)25/h5-8H,3-4,9-10H2,1-2H3. The highest BCUT2D eigenvalue weighted by Crippen LogP contribution is 2.37. The number of amides is 4. The highest BCUT2D eigenvalue weighted by Gasteiger charge is 2.38. The van der Waals surface area contributed by atoms with Crippen molar-refractivity contribution in [3.05, 3.63) is 46.5 Å². The van der Waals surface area contributed by atoms with E-state index in [1.165, 1.54) is 9.80 Å². The topological polar surface area (TPSA) is 74.8 Å². The number of hydrogen-bond donors (Lipinski definition) is 0. The third kappa shape index (κ3) is 1.98. The van der Waals surface area contributed by atoms with E-state index >= 15 is 0 Å². The highest BCUT2D eigenvalue weighted by atomic mass is 16.2. The molecule has 26 heavy (non-hydrogen) atoms. The Morgan fingerprint density at radius 3 is 1.08 bits per heavy atom. The molecule has 0 spiro atoms. The van der Waals surface area contributed by atoms with Gasteiger partial charge in [0.15, 0.2) is 0 Å². The lowest BCUT2D eigenvalue weighted by molar-refractivity contribution is 0.0589. The van der Waals surface area contributed by atoms with Gasteiger partial charge in [0.2, 0.25) is 0 Å². The van der Waals surface area contributed by atoms with Crippen molar-refractivity contribution in [1.82, 2.24) is 9.80 Å². The second-order valence-corrected chi connectivity index (χ2v) is 6.60. The van der Waals surface area contributed by atoms with Crippen LogP contribution >= 0.6 is 0 Å². The van der Waals surface area contributed by atoms with Crippen molar-refractivity contribution in [2.24, 2.45) is 0 Å². The van der Waals surface area contributed by atoms with Crippen LogP contribution in [0.3, 0.4) is 0 Å². The fraction of sp³-hybridized carbons (Fsp3) is 0.300. The predicted octanol–water partition coefficient (Wildman–Crippen LogP) is 2.85. The maximum atomic E-state index is 12.8. The first-order valence-electron chi connectivity index (χ1n) is 8.83. The molecule has 6 nitrogen and oxygen atoms in total. The maximum absolute atomic E-state index is 12.8. The molecule has 0 N–H and O–H groups in total. The lowest BCUT2D eigenvalue weighted by Crippen LogP contribution is -2.43. The van der Waals surface area contributed by atoms with Gasteiger partial charge in [0.05, 0.1) is 0 Å². The molecule has 0 aliphatic carbocycles. The molecule has 0 fully saturated rings. The Kier molecular flexibility index (Phi) is 3.64. The van der Waals surface area contributed by atoms with Crippen LogP contribution in [0.5, 0.6) is 0 Å². The minimum absolute atomic E-state index is 0.338. The number of rotatable bonds is 4. The molecule has 0 radical (unpaired) electrons. The number of hydrogen-bond acceptors (Lipinski definition) is 4. The summed E-state index contributed by atoms with van der Waals surface area (Å²) in [5.74, 6) is -1.49. The number of imide groups is 2.